The van der Waals surface area contributed by atoms with Crippen molar-refractivity contribution in [2.75, 3.05) is 11.5 Å². The topological polar surface area (TPSA) is 63.2 Å². The number of rotatable bonds is 3. The van der Waals surface area contributed by atoms with Crippen molar-refractivity contribution in [3.05, 3.63) is 34.1 Å². The lowest BCUT2D eigenvalue weighted by molar-refractivity contribution is -0.121. The molecule has 1 atom stereocenters. The highest BCUT2D eigenvalue weighted by Gasteiger charge is 2.39. The molecule has 1 saturated heterocycles. The van der Waals surface area contributed by atoms with Gasteiger partial charge in [-0.1, -0.05) is 6.07 Å². The third kappa shape index (κ3) is 3.79. The summed E-state index contributed by atoms with van der Waals surface area (Å²) in [7, 11) is -3.06. The van der Waals surface area contributed by atoms with Gasteiger partial charge in [0, 0.05) is 0 Å². The van der Waals surface area contributed by atoms with Crippen LogP contribution in [0.3, 0.4) is 0 Å². The van der Waals surface area contributed by atoms with Crippen LogP contribution in [0, 0.1) is 5.82 Å². The van der Waals surface area contributed by atoms with Crippen molar-refractivity contribution in [2.45, 2.75) is 25.3 Å². The zero-order valence-corrected chi connectivity index (χ0v) is 13.4. The van der Waals surface area contributed by atoms with E-state index in [4.69, 9.17) is 0 Å². The first-order valence-corrected chi connectivity index (χ1v) is 8.76. The van der Waals surface area contributed by atoms with E-state index in [1.807, 2.05) is 0 Å². The molecular formula is C13H15BrFNO3S. The van der Waals surface area contributed by atoms with Gasteiger partial charge in [0.2, 0.25) is 5.91 Å². The third-order valence-corrected chi connectivity index (χ3v) is 5.80. The Bertz CT molecular complexity index is 647. The molecule has 0 aliphatic carbocycles. The van der Waals surface area contributed by atoms with Crippen LogP contribution >= 0.6 is 15.9 Å². The van der Waals surface area contributed by atoms with E-state index < -0.39 is 15.4 Å². The minimum absolute atomic E-state index is 0.0289. The van der Waals surface area contributed by atoms with Crippen LogP contribution in [0.2, 0.25) is 0 Å². The lowest BCUT2D eigenvalue weighted by Gasteiger charge is -2.23. The summed E-state index contributed by atoms with van der Waals surface area (Å²) in [5.74, 6) is -0.573. The van der Waals surface area contributed by atoms with Crippen molar-refractivity contribution < 1.29 is 17.6 Å². The van der Waals surface area contributed by atoms with Gasteiger partial charge in [0.25, 0.3) is 0 Å². The zero-order valence-electron chi connectivity index (χ0n) is 10.9. The second-order valence-corrected chi connectivity index (χ2v) is 8.41. The number of carbonyl (C=O) groups excluding carboxylic acids is 1. The fourth-order valence-corrected chi connectivity index (χ4v) is 4.84. The Labute approximate surface area is 125 Å². The first kappa shape index (κ1) is 15.4. The number of hydrogen-bond acceptors (Lipinski definition) is 3. The molecule has 0 radical (unpaired) electrons. The Kier molecular flexibility index (Phi) is 4.20. The largest absolute Gasteiger partial charge is 0.350 e. The van der Waals surface area contributed by atoms with Crippen LogP contribution in [0.15, 0.2) is 22.7 Å². The van der Waals surface area contributed by atoms with Gasteiger partial charge in [-0.25, -0.2) is 12.8 Å². The van der Waals surface area contributed by atoms with Crippen LogP contribution in [0.5, 0.6) is 0 Å². The predicted octanol–water partition coefficient (Wildman–Crippen LogP) is 1.82. The van der Waals surface area contributed by atoms with E-state index in [1.165, 1.54) is 12.1 Å². The summed E-state index contributed by atoms with van der Waals surface area (Å²) in [6, 6.07) is 4.37. The van der Waals surface area contributed by atoms with Crippen molar-refractivity contribution in [3.63, 3.8) is 0 Å². The van der Waals surface area contributed by atoms with Gasteiger partial charge in [0.05, 0.1) is 27.9 Å². The van der Waals surface area contributed by atoms with Crippen molar-refractivity contribution in [2.24, 2.45) is 0 Å². The van der Waals surface area contributed by atoms with Crippen LogP contribution < -0.4 is 5.32 Å². The molecule has 0 saturated carbocycles. The first-order valence-electron chi connectivity index (χ1n) is 6.15. The molecule has 1 amide bonds. The zero-order chi connectivity index (χ0) is 15.0. The molecule has 0 spiro atoms. The molecule has 20 heavy (non-hydrogen) atoms. The highest BCUT2D eigenvalue weighted by atomic mass is 79.9. The van der Waals surface area contributed by atoms with Gasteiger partial charge in [-0.3, -0.25) is 4.79 Å². The SMILES string of the molecule is CC1(NC(=O)Cc2ccc(F)c(Br)c2)CCS(=O)(=O)C1. The maximum Gasteiger partial charge on any atom is 0.224 e. The van der Waals surface area contributed by atoms with E-state index in [1.54, 1.807) is 13.0 Å². The number of benzene rings is 1. The van der Waals surface area contributed by atoms with Gasteiger partial charge in [-0.05, 0) is 47.0 Å². The van der Waals surface area contributed by atoms with E-state index >= 15 is 0 Å². The Morgan fingerprint density at radius 1 is 1.50 bits per heavy atom. The van der Waals surface area contributed by atoms with Gasteiger partial charge in [-0.15, -0.1) is 0 Å². The van der Waals surface area contributed by atoms with Crippen molar-refractivity contribution in [1.82, 2.24) is 5.32 Å². The van der Waals surface area contributed by atoms with E-state index in [-0.39, 0.29) is 29.7 Å². The minimum Gasteiger partial charge on any atom is -0.350 e. The summed E-state index contributed by atoms with van der Waals surface area (Å²) in [6.07, 6.45) is 0.517. The molecule has 7 heteroatoms. The summed E-state index contributed by atoms with van der Waals surface area (Å²) in [6.45, 7) is 1.73. The number of hydrogen-bond donors (Lipinski definition) is 1. The molecule has 1 aliphatic heterocycles. The fraction of sp³-hybridized carbons (Fsp3) is 0.462. The van der Waals surface area contributed by atoms with Crippen molar-refractivity contribution in [3.8, 4) is 0 Å². The Morgan fingerprint density at radius 3 is 2.75 bits per heavy atom. The van der Waals surface area contributed by atoms with Gasteiger partial charge >= 0.3 is 0 Å². The van der Waals surface area contributed by atoms with Crippen LogP contribution in [0.25, 0.3) is 0 Å². The molecule has 1 aromatic rings. The standard InChI is InChI=1S/C13H15BrFNO3S/c1-13(4-5-20(18,19)8-13)16-12(17)7-9-2-3-11(15)10(14)6-9/h2-3,6H,4-5,7-8H2,1H3,(H,16,17). The summed E-state index contributed by atoms with van der Waals surface area (Å²) in [5.41, 5.74) is -0.0343. The monoisotopic (exact) mass is 363 g/mol. The molecule has 1 unspecified atom stereocenters. The second-order valence-electron chi connectivity index (χ2n) is 5.38. The lowest BCUT2D eigenvalue weighted by Crippen LogP contribution is -2.47. The van der Waals surface area contributed by atoms with Crippen molar-refractivity contribution in [1.29, 1.82) is 0 Å². The lowest BCUT2D eigenvalue weighted by atomic mass is 10.0. The van der Waals surface area contributed by atoms with E-state index in [9.17, 15) is 17.6 Å². The summed E-state index contributed by atoms with van der Waals surface area (Å²) >= 11 is 3.06. The quantitative estimate of drug-likeness (QED) is 0.890. The van der Waals surface area contributed by atoms with Crippen LogP contribution in [-0.4, -0.2) is 31.4 Å². The number of carbonyl (C=O) groups is 1. The molecule has 2 rings (SSSR count). The van der Waals surface area contributed by atoms with E-state index in [2.05, 4.69) is 21.2 Å². The molecule has 1 aromatic carbocycles. The number of nitrogens with one attached hydrogen (secondary N) is 1. The summed E-state index contributed by atoms with van der Waals surface area (Å²) in [4.78, 5) is 12.0. The number of sulfone groups is 1. The average molecular weight is 364 g/mol. The van der Waals surface area contributed by atoms with Gasteiger partial charge in [0.15, 0.2) is 9.84 Å². The molecular weight excluding hydrogens is 349 g/mol. The highest BCUT2D eigenvalue weighted by Crippen LogP contribution is 2.23. The molecule has 0 aromatic heterocycles. The van der Waals surface area contributed by atoms with Crippen LogP contribution in [0.4, 0.5) is 4.39 Å². The average Bonchev–Trinajstić information content (AvgIpc) is 2.57. The van der Waals surface area contributed by atoms with E-state index in [0.717, 1.165) is 0 Å². The molecule has 1 heterocycles. The molecule has 110 valence electrons. The van der Waals surface area contributed by atoms with Crippen LogP contribution in [0.1, 0.15) is 18.9 Å². The Morgan fingerprint density at radius 2 is 2.20 bits per heavy atom. The third-order valence-electron chi connectivity index (χ3n) is 3.29. The normalized spacial score (nSPS) is 24.6. The first-order chi connectivity index (χ1) is 9.19. The van der Waals surface area contributed by atoms with Crippen molar-refractivity contribution >= 4 is 31.7 Å². The summed E-state index contributed by atoms with van der Waals surface area (Å²) in [5, 5.41) is 2.77. The Balaban J connectivity index is 2.01. The molecule has 0 bridgehead atoms. The maximum atomic E-state index is 13.1. The van der Waals surface area contributed by atoms with E-state index in [0.29, 0.717) is 16.5 Å². The van der Waals surface area contributed by atoms with Gasteiger partial charge in [-0.2, -0.15) is 0 Å². The maximum absolute atomic E-state index is 13.1. The predicted molar refractivity (Wildman–Crippen MR) is 77.6 cm³/mol. The van der Waals surface area contributed by atoms with Gasteiger partial charge in [0.1, 0.15) is 5.82 Å². The second kappa shape index (κ2) is 5.44. The molecule has 4 nitrogen and oxygen atoms in total. The van der Waals surface area contributed by atoms with Crippen LogP contribution in [-0.2, 0) is 21.1 Å². The number of amides is 1. The van der Waals surface area contributed by atoms with Gasteiger partial charge < -0.3 is 5.32 Å². The highest BCUT2D eigenvalue weighted by molar-refractivity contribution is 9.10. The Hall–Kier alpha value is -0.950. The molecule has 1 N–H and O–H groups in total. The summed E-state index contributed by atoms with van der Waals surface area (Å²) < 4.78 is 36.3. The smallest absolute Gasteiger partial charge is 0.224 e. The fourth-order valence-electron chi connectivity index (χ4n) is 2.32. The minimum atomic E-state index is -3.06. The number of halogens is 2. The molecule has 1 fully saturated rings. The molecule has 1 aliphatic rings.